The first-order valence-electron chi connectivity index (χ1n) is 7.92. The van der Waals surface area contributed by atoms with Gasteiger partial charge in [-0.3, -0.25) is 5.32 Å². The third-order valence-electron chi connectivity index (χ3n) is 4.99. The van der Waals surface area contributed by atoms with Crippen molar-refractivity contribution in [2.24, 2.45) is 5.92 Å². The third kappa shape index (κ3) is 2.40. The second-order valence-corrected chi connectivity index (χ2v) is 6.72. The predicted molar refractivity (Wildman–Crippen MR) is 79.5 cm³/mol. The zero-order valence-corrected chi connectivity index (χ0v) is 12.1. The van der Waals surface area contributed by atoms with Crippen molar-refractivity contribution in [2.45, 2.75) is 43.7 Å². The number of hydrogen-bond donors (Lipinski definition) is 1. The molecule has 2 aliphatic carbocycles. The second-order valence-electron chi connectivity index (χ2n) is 6.72. The first-order chi connectivity index (χ1) is 10.2. The molecule has 0 radical (unpaired) electrons. The van der Waals surface area contributed by atoms with Crippen LogP contribution in [0.4, 0.5) is 10.1 Å². The fourth-order valence-electron chi connectivity index (χ4n) is 3.50. The summed E-state index contributed by atoms with van der Waals surface area (Å²) in [5, 5.41) is 13.4. The molecule has 2 saturated carbocycles. The zero-order chi connectivity index (χ0) is 14.4. The van der Waals surface area contributed by atoms with Gasteiger partial charge in [0.15, 0.2) is 0 Å². The molecule has 3 nitrogen and oxygen atoms in total. The van der Waals surface area contributed by atoms with E-state index < -0.39 is 5.54 Å². The number of rotatable bonds is 5. The third-order valence-corrected chi connectivity index (χ3v) is 4.99. The van der Waals surface area contributed by atoms with Crippen LogP contribution in [0.25, 0.3) is 0 Å². The Balaban J connectivity index is 1.59. The molecule has 1 unspecified atom stereocenters. The molecule has 1 aliphatic heterocycles. The molecule has 2 fully saturated rings. The molecule has 0 spiro atoms. The maximum Gasteiger partial charge on any atom is 0.127 e. The molecule has 0 amide bonds. The molecule has 1 heterocycles. The number of nitrogens with zero attached hydrogens (tertiary/aromatic N) is 2. The Bertz CT molecular complexity index is 601. The monoisotopic (exact) mass is 285 g/mol. The summed E-state index contributed by atoms with van der Waals surface area (Å²) < 4.78 is 13.5. The molecule has 1 N–H and O–H groups in total. The summed E-state index contributed by atoms with van der Waals surface area (Å²) in [5.74, 6) is 0.269. The molecule has 1 aromatic rings. The van der Waals surface area contributed by atoms with E-state index in [1.54, 1.807) is 6.07 Å². The number of nitriles is 1. The fraction of sp³-hybridized carbons (Fsp3) is 0.588. The minimum Gasteiger partial charge on any atom is -0.368 e. The molecule has 0 aromatic heterocycles. The minimum atomic E-state index is -0.449. The average molecular weight is 285 g/mol. The Hall–Kier alpha value is -1.60. The maximum absolute atomic E-state index is 13.5. The lowest BCUT2D eigenvalue weighted by atomic mass is 9.93. The summed E-state index contributed by atoms with van der Waals surface area (Å²) in [4.78, 5) is 2.20. The topological polar surface area (TPSA) is 39.1 Å². The molecule has 1 atom stereocenters. The van der Waals surface area contributed by atoms with Crippen LogP contribution in [0.5, 0.6) is 0 Å². The van der Waals surface area contributed by atoms with E-state index in [1.807, 2.05) is 6.07 Å². The van der Waals surface area contributed by atoms with E-state index in [4.69, 9.17) is 0 Å². The van der Waals surface area contributed by atoms with Gasteiger partial charge in [-0.1, -0.05) is 6.07 Å². The average Bonchev–Trinajstić information content (AvgIpc) is 3.38. The number of nitrogens with one attached hydrogen (secondary N) is 1. The van der Waals surface area contributed by atoms with Crippen LogP contribution < -0.4 is 10.2 Å². The predicted octanol–water partition coefficient (Wildman–Crippen LogP) is 2.61. The second kappa shape index (κ2) is 4.71. The van der Waals surface area contributed by atoms with E-state index in [1.165, 1.54) is 24.5 Å². The summed E-state index contributed by atoms with van der Waals surface area (Å²) in [5.41, 5.74) is 1.73. The number of fused-ring (bicyclic) bond motifs is 1. The maximum atomic E-state index is 13.5. The molecule has 0 bridgehead atoms. The van der Waals surface area contributed by atoms with Crippen LogP contribution in [-0.4, -0.2) is 24.7 Å². The molecule has 4 rings (SSSR count). The zero-order valence-electron chi connectivity index (χ0n) is 12.1. The lowest BCUT2D eigenvalue weighted by Crippen LogP contribution is -2.55. The Morgan fingerprint density at radius 2 is 2.14 bits per heavy atom. The van der Waals surface area contributed by atoms with Crippen LogP contribution >= 0.6 is 0 Å². The molecule has 21 heavy (non-hydrogen) atoms. The van der Waals surface area contributed by atoms with Gasteiger partial charge in [0.25, 0.3) is 0 Å². The van der Waals surface area contributed by atoms with Crippen LogP contribution in [0.2, 0.25) is 0 Å². The Morgan fingerprint density at radius 1 is 1.33 bits per heavy atom. The normalized spacial score (nSPS) is 23.5. The van der Waals surface area contributed by atoms with E-state index in [2.05, 4.69) is 16.3 Å². The van der Waals surface area contributed by atoms with Crippen molar-refractivity contribution in [1.82, 2.24) is 5.32 Å². The molecule has 110 valence electrons. The molecular formula is C17H20FN3. The van der Waals surface area contributed by atoms with Crippen LogP contribution in [0, 0.1) is 23.1 Å². The van der Waals surface area contributed by atoms with Crippen molar-refractivity contribution in [3.63, 3.8) is 0 Å². The van der Waals surface area contributed by atoms with Crippen molar-refractivity contribution in [3.05, 3.63) is 29.6 Å². The highest BCUT2D eigenvalue weighted by atomic mass is 19.1. The fourth-order valence-corrected chi connectivity index (χ4v) is 3.50. The number of hydrogen-bond acceptors (Lipinski definition) is 3. The summed E-state index contributed by atoms with van der Waals surface area (Å²) in [6.45, 7) is 1.57. The first-order valence-corrected chi connectivity index (χ1v) is 7.92. The lowest BCUT2D eigenvalue weighted by molar-refractivity contribution is 0.362. The van der Waals surface area contributed by atoms with E-state index in [0.717, 1.165) is 31.5 Å². The van der Waals surface area contributed by atoms with Gasteiger partial charge in [0.1, 0.15) is 11.4 Å². The number of halogens is 1. The Labute approximate surface area is 124 Å². The molecule has 1 aromatic carbocycles. The van der Waals surface area contributed by atoms with Crippen LogP contribution in [0.1, 0.15) is 31.2 Å². The van der Waals surface area contributed by atoms with E-state index in [-0.39, 0.29) is 5.82 Å². The number of anilines is 1. The van der Waals surface area contributed by atoms with Gasteiger partial charge in [0.05, 0.1) is 6.07 Å². The standard InChI is InChI=1S/C17H20FN3/c18-14-4-1-12-7-8-21(16(12)9-14)11-17(10-19,13-2-3-13)20-15-5-6-15/h1,4,9,13,15,20H,2-3,5-8,11H2. The summed E-state index contributed by atoms with van der Waals surface area (Å²) in [6, 6.07) is 8.12. The van der Waals surface area contributed by atoms with E-state index >= 15 is 0 Å². The van der Waals surface area contributed by atoms with Crippen LogP contribution in [-0.2, 0) is 6.42 Å². The van der Waals surface area contributed by atoms with Gasteiger partial charge in [0.2, 0.25) is 0 Å². The van der Waals surface area contributed by atoms with Crippen LogP contribution in [0.15, 0.2) is 18.2 Å². The van der Waals surface area contributed by atoms with Gasteiger partial charge in [-0.2, -0.15) is 5.26 Å². The van der Waals surface area contributed by atoms with Crippen molar-refractivity contribution in [2.75, 3.05) is 18.0 Å². The molecule has 0 saturated heterocycles. The first kappa shape index (κ1) is 13.1. The summed E-state index contributed by atoms with van der Waals surface area (Å²) in [6.07, 6.45) is 5.59. The quantitative estimate of drug-likeness (QED) is 0.904. The highest BCUT2D eigenvalue weighted by Gasteiger charge is 2.49. The van der Waals surface area contributed by atoms with Gasteiger partial charge in [-0.25, -0.2) is 4.39 Å². The van der Waals surface area contributed by atoms with Gasteiger partial charge < -0.3 is 4.90 Å². The number of benzene rings is 1. The van der Waals surface area contributed by atoms with Crippen molar-refractivity contribution < 1.29 is 4.39 Å². The van der Waals surface area contributed by atoms with E-state index in [0.29, 0.717) is 18.5 Å². The minimum absolute atomic E-state index is 0.190. The van der Waals surface area contributed by atoms with Gasteiger partial charge in [0, 0.05) is 24.8 Å². The Morgan fingerprint density at radius 3 is 2.81 bits per heavy atom. The van der Waals surface area contributed by atoms with Gasteiger partial charge >= 0.3 is 0 Å². The van der Waals surface area contributed by atoms with Crippen molar-refractivity contribution >= 4 is 5.69 Å². The summed E-state index contributed by atoms with van der Waals surface area (Å²) in [7, 11) is 0. The Kier molecular flexibility index (Phi) is 2.93. The van der Waals surface area contributed by atoms with Crippen molar-refractivity contribution in [1.29, 1.82) is 5.26 Å². The van der Waals surface area contributed by atoms with E-state index in [9.17, 15) is 9.65 Å². The lowest BCUT2D eigenvalue weighted by Gasteiger charge is -2.34. The molecule has 3 aliphatic rings. The largest absolute Gasteiger partial charge is 0.368 e. The highest BCUT2D eigenvalue weighted by Crippen LogP contribution is 2.43. The molecule has 4 heteroatoms. The van der Waals surface area contributed by atoms with Crippen molar-refractivity contribution in [3.8, 4) is 6.07 Å². The summed E-state index contributed by atoms with van der Waals surface area (Å²) >= 11 is 0. The van der Waals surface area contributed by atoms with Gasteiger partial charge in [-0.15, -0.1) is 0 Å². The van der Waals surface area contributed by atoms with Crippen LogP contribution in [0.3, 0.4) is 0 Å². The SMILES string of the molecule is N#CC(CN1CCc2ccc(F)cc21)(NC1CC1)C1CC1. The van der Waals surface area contributed by atoms with Gasteiger partial charge in [-0.05, 0) is 55.7 Å². The highest BCUT2D eigenvalue weighted by molar-refractivity contribution is 5.59. The molecular weight excluding hydrogens is 265 g/mol. The smallest absolute Gasteiger partial charge is 0.127 e.